The zero-order chi connectivity index (χ0) is 34.4. The van der Waals surface area contributed by atoms with Crippen molar-refractivity contribution in [2.24, 2.45) is 46.3 Å². The van der Waals surface area contributed by atoms with Gasteiger partial charge in [0.2, 0.25) is 0 Å². The van der Waals surface area contributed by atoms with Crippen LogP contribution >= 0.6 is 0 Å². The number of aliphatic hydroxyl groups excluding tert-OH is 1. The third-order valence-corrected chi connectivity index (χ3v) is 14.0. The molecule has 4 aliphatic rings. The maximum Gasteiger partial charge on any atom is 0.306 e. The van der Waals surface area contributed by atoms with Crippen LogP contribution in [0.4, 0.5) is 0 Å². The predicted octanol–water partition coefficient (Wildman–Crippen LogP) is 12.7. The van der Waals surface area contributed by atoms with Crippen LogP contribution in [0.15, 0.2) is 36.0 Å². The summed E-state index contributed by atoms with van der Waals surface area (Å²) in [6.45, 7) is 12.9. The highest BCUT2D eigenvalue weighted by Crippen LogP contribution is 2.67. The zero-order valence-corrected chi connectivity index (χ0v) is 32.2. The summed E-state index contributed by atoms with van der Waals surface area (Å²) < 4.78 is 6.11. The van der Waals surface area contributed by atoms with E-state index in [9.17, 15) is 4.79 Å². The van der Waals surface area contributed by atoms with Gasteiger partial charge in [0.05, 0.1) is 0 Å². The van der Waals surface area contributed by atoms with Crippen molar-refractivity contribution in [2.45, 2.75) is 188 Å². The van der Waals surface area contributed by atoms with Gasteiger partial charge in [0.1, 0.15) is 6.10 Å². The monoisotopic (exact) mass is 665 g/mol. The summed E-state index contributed by atoms with van der Waals surface area (Å²) in [5.74, 6) is 5.25. The molecule has 4 aliphatic carbocycles. The molecule has 0 aliphatic heterocycles. The Hall–Kier alpha value is -1.35. The molecule has 0 saturated heterocycles. The van der Waals surface area contributed by atoms with Crippen LogP contribution in [0.1, 0.15) is 182 Å². The molecule has 3 nitrogen and oxygen atoms in total. The molecule has 3 heteroatoms. The second-order valence-corrected chi connectivity index (χ2v) is 17.7. The Morgan fingerprint density at radius 1 is 0.833 bits per heavy atom. The number of fused-ring (bicyclic) bond motifs is 5. The van der Waals surface area contributed by atoms with Gasteiger partial charge in [-0.1, -0.05) is 122 Å². The minimum atomic E-state index is 0.0361. The molecule has 4 rings (SSSR count). The Labute approximate surface area is 297 Å². The topological polar surface area (TPSA) is 46.5 Å². The fourth-order valence-corrected chi connectivity index (χ4v) is 11.1. The van der Waals surface area contributed by atoms with Crippen LogP contribution in [0.3, 0.4) is 0 Å². The summed E-state index contributed by atoms with van der Waals surface area (Å²) in [4.78, 5) is 12.8. The van der Waals surface area contributed by atoms with Gasteiger partial charge < -0.3 is 9.84 Å². The largest absolute Gasteiger partial charge is 0.462 e. The number of esters is 1. The highest BCUT2D eigenvalue weighted by atomic mass is 16.5. The van der Waals surface area contributed by atoms with Crippen molar-refractivity contribution >= 4 is 5.97 Å². The molecule has 0 radical (unpaired) electrons. The molecule has 1 N–H and O–H groups in total. The molecular formula is C45H76O3. The summed E-state index contributed by atoms with van der Waals surface area (Å²) >= 11 is 0. The molecule has 0 aromatic heterocycles. The molecule has 0 amide bonds. The molecular weight excluding hydrogens is 588 g/mol. The molecule has 0 heterocycles. The minimum absolute atomic E-state index is 0.0361. The Morgan fingerprint density at radius 3 is 2.23 bits per heavy atom. The summed E-state index contributed by atoms with van der Waals surface area (Å²) in [7, 11) is 0. The fourth-order valence-electron chi connectivity index (χ4n) is 11.1. The predicted molar refractivity (Wildman–Crippen MR) is 204 cm³/mol. The van der Waals surface area contributed by atoms with Gasteiger partial charge in [0.15, 0.2) is 0 Å². The normalized spacial score (nSPS) is 32.3. The van der Waals surface area contributed by atoms with Crippen molar-refractivity contribution in [1.29, 1.82) is 0 Å². The van der Waals surface area contributed by atoms with E-state index in [-0.39, 0.29) is 12.1 Å². The third kappa shape index (κ3) is 10.8. The van der Waals surface area contributed by atoms with Gasteiger partial charge in [-0.3, -0.25) is 4.79 Å². The Kier molecular flexibility index (Phi) is 16.3. The SMILES string of the molecule is CC(C)CCC[C@@H](C)[C@H]1CCC2C3CC=C4CC(OC(=O)CCCCCCC/C=C/C=C/CCCCCCO)CC[C@]4(C)C3CC[C@]21C. The summed E-state index contributed by atoms with van der Waals surface area (Å²) in [6.07, 6.45) is 39.2. The summed E-state index contributed by atoms with van der Waals surface area (Å²) in [5, 5.41) is 8.82. The second kappa shape index (κ2) is 19.9. The van der Waals surface area contributed by atoms with E-state index in [0.29, 0.717) is 23.9 Å². The molecule has 0 aromatic carbocycles. The number of aliphatic hydroxyl groups is 1. The molecule has 3 fully saturated rings. The number of hydrogen-bond acceptors (Lipinski definition) is 3. The molecule has 274 valence electrons. The smallest absolute Gasteiger partial charge is 0.306 e. The van der Waals surface area contributed by atoms with E-state index >= 15 is 0 Å². The van der Waals surface area contributed by atoms with Crippen molar-refractivity contribution in [3.8, 4) is 0 Å². The Balaban J connectivity index is 1.11. The van der Waals surface area contributed by atoms with E-state index < -0.39 is 0 Å². The van der Waals surface area contributed by atoms with Gasteiger partial charge in [0, 0.05) is 19.4 Å². The third-order valence-electron chi connectivity index (χ3n) is 14.0. The van der Waals surface area contributed by atoms with Crippen LogP contribution in [0.2, 0.25) is 0 Å². The highest BCUT2D eigenvalue weighted by molar-refractivity contribution is 5.69. The van der Waals surface area contributed by atoms with Crippen molar-refractivity contribution in [3.05, 3.63) is 36.0 Å². The lowest BCUT2D eigenvalue weighted by Crippen LogP contribution is -2.51. The first-order valence-corrected chi connectivity index (χ1v) is 21.0. The first-order chi connectivity index (χ1) is 23.2. The number of carbonyl (C=O) groups is 1. The van der Waals surface area contributed by atoms with Crippen molar-refractivity contribution in [1.82, 2.24) is 0 Å². The number of allylic oxidation sites excluding steroid dienone is 5. The number of rotatable bonds is 21. The maximum atomic E-state index is 12.8. The Bertz CT molecular complexity index is 1040. The van der Waals surface area contributed by atoms with E-state index in [1.165, 1.54) is 89.9 Å². The van der Waals surface area contributed by atoms with Crippen LogP contribution in [0.5, 0.6) is 0 Å². The van der Waals surface area contributed by atoms with Crippen LogP contribution in [-0.2, 0) is 9.53 Å². The quantitative estimate of drug-likeness (QED) is 0.0575. The molecule has 0 spiro atoms. The van der Waals surface area contributed by atoms with E-state index in [1.807, 2.05) is 0 Å². The van der Waals surface area contributed by atoms with Crippen molar-refractivity contribution in [2.75, 3.05) is 6.61 Å². The average molecular weight is 665 g/mol. The first-order valence-electron chi connectivity index (χ1n) is 21.0. The highest BCUT2D eigenvalue weighted by Gasteiger charge is 2.59. The molecule has 48 heavy (non-hydrogen) atoms. The Morgan fingerprint density at radius 2 is 1.52 bits per heavy atom. The van der Waals surface area contributed by atoms with Gasteiger partial charge in [-0.25, -0.2) is 0 Å². The molecule has 4 unspecified atom stereocenters. The lowest BCUT2D eigenvalue weighted by Gasteiger charge is -2.58. The lowest BCUT2D eigenvalue weighted by molar-refractivity contribution is -0.151. The molecule has 8 atom stereocenters. The minimum Gasteiger partial charge on any atom is -0.462 e. The first kappa shape index (κ1) is 39.4. The zero-order valence-electron chi connectivity index (χ0n) is 32.2. The van der Waals surface area contributed by atoms with E-state index in [0.717, 1.165) is 86.9 Å². The average Bonchev–Trinajstić information content (AvgIpc) is 3.42. The van der Waals surface area contributed by atoms with Crippen LogP contribution in [-0.4, -0.2) is 23.8 Å². The lowest BCUT2D eigenvalue weighted by atomic mass is 9.47. The van der Waals surface area contributed by atoms with Gasteiger partial charge in [-0.15, -0.1) is 0 Å². The number of carbonyl (C=O) groups excluding carboxylic acids is 1. The summed E-state index contributed by atoms with van der Waals surface area (Å²) in [5.41, 5.74) is 2.50. The standard InChI is InChI=1S/C45H76O3/c1-35(2)22-21-23-36(3)40-27-28-41-39-26-25-37-34-38(29-31-44(37,4)42(39)30-32-45(40,41)5)48-43(47)24-19-17-15-13-11-9-7-6-8-10-12-14-16-18-20-33-46/h6-8,10,25,35-36,38-42,46H,9,11-24,26-34H2,1-5H3/b7-6+,10-8+/t36-,38?,39?,40-,41?,42?,44+,45+/m1/s1. The van der Waals surface area contributed by atoms with Crippen LogP contribution in [0.25, 0.3) is 0 Å². The van der Waals surface area contributed by atoms with E-state index in [4.69, 9.17) is 9.84 Å². The van der Waals surface area contributed by atoms with Crippen LogP contribution in [0, 0.1) is 46.3 Å². The van der Waals surface area contributed by atoms with E-state index in [2.05, 4.69) is 65.0 Å². The van der Waals surface area contributed by atoms with Crippen LogP contribution < -0.4 is 0 Å². The van der Waals surface area contributed by atoms with Gasteiger partial charge in [0.25, 0.3) is 0 Å². The van der Waals surface area contributed by atoms with Gasteiger partial charge >= 0.3 is 5.97 Å². The van der Waals surface area contributed by atoms with Gasteiger partial charge in [-0.2, -0.15) is 0 Å². The van der Waals surface area contributed by atoms with Crippen molar-refractivity contribution in [3.63, 3.8) is 0 Å². The molecule has 3 saturated carbocycles. The summed E-state index contributed by atoms with van der Waals surface area (Å²) in [6, 6.07) is 0. The second-order valence-electron chi connectivity index (χ2n) is 17.7. The number of ether oxygens (including phenoxy) is 1. The fraction of sp³-hybridized carbons (Fsp3) is 0.844. The van der Waals surface area contributed by atoms with E-state index in [1.54, 1.807) is 5.57 Å². The van der Waals surface area contributed by atoms with Gasteiger partial charge in [-0.05, 0) is 130 Å². The molecule has 0 bridgehead atoms. The molecule has 0 aromatic rings. The number of unbranched alkanes of at least 4 members (excludes halogenated alkanes) is 9. The maximum absolute atomic E-state index is 12.8. The number of hydrogen-bond donors (Lipinski definition) is 1. The van der Waals surface area contributed by atoms with Crippen molar-refractivity contribution < 1.29 is 14.6 Å².